The van der Waals surface area contributed by atoms with Crippen molar-refractivity contribution in [3.63, 3.8) is 0 Å². The first-order valence-electron chi connectivity index (χ1n) is 8.51. The number of piperazine rings is 1. The Balaban J connectivity index is 1.52. The minimum atomic E-state index is 0.843. The molecule has 1 aliphatic heterocycles. The van der Waals surface area contributed by atoms with E-state index < -0.39 is 0 Å². The van der Waals surface area contributed by atoms with Crippen LogP contribution in [0.25, 0.3) is 0 Å². The quantitative estimate of drug-likeness (QED) is 0.880. The summed E-state index contributed by atoms with van der Waals surface area (Å²) in [6.45, 7) is 10.1. The highest BCUT2D eigenvalue weighted by atomic mass is 15.3. The molecule has 0 aliphatic carbocycles. The zero-order valence-corrected chi connectivity index (χ0v) is 14.3. The van der Waals surface area contributed by atoms with E-state index in [2.05, 4.69) is 54.0 Å². The van der Waals surface area contributed by atoms with Gasteiger partial charge in [-0.25, -0.2) is 0 Å². The maximum absolute atomic E-state index is 5.74. The average Bonchev–Trinajstić information content (AvgIpc) is 2.57. The summed E-state index contributed by atoms with van der Waals surface area (Å²) in [5.74, 6) is 0. The third kappa shape index (κ3) is 3.85. The van der Waals surface area contributed by atoms with Crippen LogP contribution in [0.3, 0.4) is 0 Å². The van der Waals surface area contributed by atoms with Crippen LogP contribution in [0.2, 0.25) is 0 Å². The maximum Gasteiger partial charge on any atom is 0.0399 e. The number of nitrogens with two attached hydrogens (primary N) is 1. The Kier molecular flexibility index (Phi) is 4.87. The highest BCUT2D eigenvalue weighted by Crippen LogP contribution is 2.23. The number of anilines is 2. The van der Waals surface area contributed by atoms with Gasteiger partial charge in [0, 0.05) is 44.1 Å². The molecule has 3 nitrogen and oxygen atoms in total. The third-order valence-electron chi connectivity index (χ3n) is 4.99. The molecule has 23 heavy (non-hydrogen) atoms. The Morgan fingerprint density at radius 3 is 2.30 bits per heavy atom. The molecule has 0 amide bonds. The summed E-state index contributed by atoms with van der Waals surface area (Å²) in [7, 11) is 0. The molecule has 2 aromatic rings. The standard InChI is InChI=1S/C20H27N3/c1-16-4-3-5-20(17(16)2)23-14-12-22(13-15-23)11-10-18-6-8-19(21)9-7-18/h3-9H,10-15,21H2,1-2H3. The van der Waals surface area contributed by atoms with E-state index in [1.54, 1.807) is 0 Å². The van der Waals surface area contributed by atoms with Crippen molar-refractivity contribution in [3.05, 3.63) is 59.2 Å². The average molecular weight is 309 g/mol. The molecule has 122 valence electrons. The van der Waals surface area contributed by atoms with E-state index in [9.17, 15) is 0 Å². The normalized spacial score (nSPS) is 15.8. The molecule has 0 spiro atoms. The molecule has 2 N–H and O–H groups in total. The number of nitrogens with zero attached hydrogens (tertiary/aromatic N) is 2. The van der Waals surface area contributed by atoms with Crippen molar-refractivity contribution in [3.8, 4) is 0 Å². The first-order valence-corrected chi connectivity index (χ1v) is 8.51. The molecule has 0 bridgehead atoms. The fraction of sp³-hybridized carbons (Fsp3) is 0.400. The first kappa shape index (κ1) is 15.9. The van der Waals surface area contributed by atoms with Crippen molar-refractivity contribution in [2.24, 2.45) is 0 Å². The second kappa shape index (κ2) is 7.05. The van der Waals surface area contributed by atoms with Gasteiger partial charge in [0.15, 0.2) is 0 Å². The molecule has 1 saturated heterocycles. The molecule has 2 aromatic carbocycles. The Bertz CT molecular complexity index is 640. The van der Waals surface area contributed by atoms with Crippen LogP contribution in [0, 0.1) is 13.8 Å². The van der Waals surface area contributed by atoms with Crippen molar-refractivity contribution in [2.75, 3.05) is 43.4 Å². The van der Waals surface area contributed by atoms with E-state index in [-0.39, 0.29) is 0 Å². The van der Waals surface area contributed by atoms with Crippen LogP contribution in [0.15, 0.2) is 42.5 Å². The van der Waals surface area contributed by atoms with Crippen LogP contribution in [0.5, 0.6) is 0 Å². The summed E-state index contributed by atoms with van der Waals surface area (Å²) in [6, 6.07) is 14.9. The lowest BCUT2D eigenvalue weighted by molar-refractivity contribution is 0.261. The molecule has 3 rings (SSSR count). The summed E-state index contributed by atoms with van der Waals surface area (Å²) >= 11 is 0. The van der Waals surface area contributed by atoms with Crippen LogP contribution in [-0.4, -0.2) is 37.6 Å². The number of rotatable bonds is 4. The number of benzene rings is 2. The third-order valence-corrected chi connectivity index (χ3v) is 4.99. The van der Waals surface area contributed by atoms with Gasteiger partial charge < -0.3 is 10.6 Å². The van der Waals surface area contributed by atoms with Crippen LogP contribution < -0.4 is 10.6 Å². The largest absolute Gasteiger partial charge is 0.399 e. The summed E-state index contributed by atoms with van der Waals surface area (Å²) in [5, 5.41) is 0. The molecule has 1 fully saturated rings. The Morgan fingerprint density at radius 1 is 0.913 bits per heavy atom. The molecule has 3 heteroatoms. The smallest absolute Gasteiger partial charge is 0.0399 e. The Hall–Kier alpha value is -2.00. The first-order chi connectivity index (χ1) is 11.1. The van der Waals surface area contributed by atoms with Gasteiger partial charge in [0.25, 0.3) is 0 Å². The van der Waals surface area contributed by atoms with Crippen LogP contribution in [-0.2, 0) is 6.42 Å². The highest BCUT2D eigenvalue weighted by molar-refractivity contribution is 5.56. The molecule has 1 heterocycles. The summed E-state index contributed by atoms with van der Waals surface area (Å²) < 4.78 is 0. The van der Waals surface area contributed by atoms with Gasteiger partial charge in [-0.05, 0) is 55.2 Å². The zero-order valence-electron chi connectivity index (χ0n) is 14.3. The summed E-state index contributed by atoms with van der Waals surface area (Å²) in [5.41, 5.74) is 12.2. The fourth-order valence-electron chi connectivity index (χ4n) is 3.26. The predicted octanol–water partition coefficient (Wildman–Crippen LogP) is 3.25. The van der Waals surface area contributed by atoms with Crippen molar-refractivity contribution in [1.29, 1.82) is 0 Å². The van der Waals surface area contributed by atoms with Gasteiger partial charge >= 0.3 is 0 Å². The van der Waals surface area contributed by atoms with E-state index in [1.807, 2.05) is 12.1 Å². The molecule has 0 unspecified atom stereocenters. The monoisotopic (exact) mass is 309 g/mol. The second-order valence-electron chi connectivity index (χ2n) is 6.54. The Labute approximate surface area is 139 Å². The molecule has 0 radical (unpaired) electrons. The van der Waals surface area contributed by atoms with Gasteiger partial charge in [-0.3, -0.25) is 4.90 Å². The van der Waals surface area contributed by atoms with Crippen molar-refractivity contribution in [2.45, 2.75) is 20.3 Å². The van der Waals surface area contributed by atoms with E-state index in [0.717, 1.165) is 44.8 Å². The molecule has 1 aliphatic rings. The Morgan fingerprint density at radius 2 is 1.61 bits per heavy atom. The van der Waals surface area contributed by atoms with Gasteiger partial charge in [-0.15, -0.1) is 0 Å². The van der Waals surface area contributed by atoms with Crippen molar-refractivity contribution in [1.82, 2.24) is 4.90 Å². The topological polar surface area (TPSA) is 32.5 Å². The van der Waals surface area contributed by atoms with Crippen molar-refractivity contribution < 1.29 is 0 Å². The van der Waals surface area contributed by atoms with E-state index in [4.69, 9.17) is 5.73 Å². The summed E-state index contributed by atoms with van der Waals surface area (Å²) in [4.78, 5) is 5.10. The number of aryl methyl sites for hydroxylation is 1. The number of hydrogen-bond donors (Lipinski definition) is 1. The van der Waals surface area contributed by atoms with Crippen LogP contribution in [0.4, 0.5) is 11.4 Å². The van der Waals surface area contributed by atoms with Crippen molar-refractivity contribution >= 4 is 11.4 Å². The highest BCUT2D eigenvalue weighted by Gasteiger charge is 2.18. The van der Waals surface area contributed by atoms with Gasteiger partial charge in [-0.1, -0.05) is 24.3 Å². The number of hydrogen-bond acceptors (Lipinski definition) is 3. The lowest BCUT2D eigenvalue weighted by Crippen LogP contribution is -2.47. The molecule has 0 saturated carbocycles. The van der Waals surface area contributed by atoms with Crippen LogP contribution in [0.1, 0.15) is 16.7 Å². The zero-order chi connectivity index (χ0) is 16.2. The van der Waals surface area contributed by atoms with Gasteiger partial charge in [0.1, 0.15) is 0 Å². The summed E-state index contributed by atoms with van der Waals surface area (Å²) in [6.07, 6.45) is 1.10. The van der Waals surface area contributed by atoms with Gasteiger partial charge in [-0.2, -0.15) is 0 Å². The minimum absolute atomic E-state index is 0.843. The van der Waals surface area contributed by atoms with Gasteiger partial charge in [0.05, 0.1) is 0 Å². The van der Waals surface area contributed by atoms with E-state index in [0.29, 0.717) is 0 Å². The number of nitrogen functional groups attached to an aromatic ring is 1. The van der Waals surface area contributed by atoms with E-state index >= 15 is 0 Å². The second-order valence-corrected chi connectivity index (χ2v) is 6.54. The molecule has 0 atom stereocenters. The molecular weight excluding hydrogens is 282 g/mol. The lowest BCUT2D eigenvalue weighted by atomic mass is 10.1. The maximum atomic E-state index is 5.74. The fourth-order valence-corrected chi connectivity index (χ4v) is 3.26. The SMILES string of the molecule is Cc1cccc(N2CCN(CCc3ccc(N)cc3)CC2)c1C. The molecule has 0 aromatic heterocycles. The van der Waals surface area contributed by atoms with Crippen LogP contribution >= 0.6 is 0 Å². The minimum Gasteiger partial charge on any atom is -0.399 e. The van der Waals surface area contributed by atoms with Gasteiger partial charge in [0.2, 0.25) is 0 Å². The molecular formula is C20H27N3. The van der Waals surface area contributed by atoms with E-state index in [1.165, 1.54) is 22.4 Å². The predicted molar refractivity (Wildman–Crippen MR) is 99.1 cm³/mol. The lowest BCUT2D eigenvalue weighted by Gasteiger charge is -2.37.